The second kappa shape index (κ2) is 6.12. The Morgan fingerprint density at radius 2 is 1.96 bits per heavy atom. The van der Waals surface area contributed by atoms with Crippen molar-refractivity contribution in [2.45, 2.75) is 57.5 Å². The zero-order valence-electron chi connectivity index (χ0n) is 15.5. The molecule has 2 aliphatic heterocycles. The van der Waals surface area contributed by atoms with E-state index in [2.05, 4.69) is 5.32 Å². The molecule has 3 atom stereocenters. The van der Waals surface area contributed by atoms with Gasteiger partial charge in [0, 0.05) is 18.9 Å². The van der Waals surface area contributed by atoms with Crippen LogP contribution in [0.2, 0.25) is 0 Å². The topological polar surface area (TPSA) is 125 Å². The Balaban J connectivity index is 2.03. The fourth-order valence-electron chi connectivity index (χ4n) is 3.53. The molecule has 1 fully saturated rings. The molecule has 3 rings (SSSR count). The first-order chi connectivity index (χ1) is 12.4. The monoisotopic (exact) mass is 378 g/mol. The number of rotatable bonds is 2. The molecule has 3 N–H and O–H groups in total. The summed E-state index contributed by atoms with van der Waals surface area (Å²) in [5, 5.41) is 23.8. The van der Waals surface area contributed by atoms with E-state index in [0.29, 0.717) is 11.3 Å². The number of carbonyl (C=O) groups excluding carboxylic acids is 2. The zero-order chi connectivity index (χ0) is 20.1. The molecule has 9 heteroatoms. The summed E-state index contributed by atoms with van der Waals surface area (Å²) in [6.07, 6.45) is -2.15. The number of carboxylic acid groups (broad SMARTS) is 1. The van der Waals surface area contributed by atoms with Crippen molar-refractivity contribution in [1.82, 2.24) is 4.90 Å². The van der Waals surface area contributed by atoms with Crippen molar-refractivity contribution in [3.05, 3.63) is 23.8 Å². The molecule has 0 radical (unpaired) electrons. The molecule has 0 aliphatic carbocycles. The molecule has 1 saturated heterocycles. The average Bonchev–Trinajstić information content (AvgIpc) is 2.95. The number of hydrogen-bond acceptors (Lipinski definition) is 7. The number of aliphatic carboxylic acids is 1. The van der Waals surface area contributed by atoms with Crippen molar-refractivity contribution >= 4 is 23.7 Å². The van der Waals surface area contributed by atoms with E-state index in [-0.39, 0.29) is 12.2 Å². The number of nitrogens with one attached hydrogen (secondary N) is 1. The number of hydrogen-bond donors (Lipinski definition) is 3. The van der Waals surface area contributed by atoms with E-state index in [1.807, 2.05) is 0 Å². The van der Waals surface area contributed by atoms with Gasteiger partial charge in [-0.25, -0.2) is 9.59 Å². The second-order valence-corrected chi connectivity index (χ2v) is 7.69. The van der Waals surface area contributed by atoms with Gasteiger partial charge < -0.3 is 25.0 Å². The third-order valence-electron chi connectivity index (χ3n) is 4.49. The van der Waals surface area contributed by atoms with Gasteiger partial charge in [0.1, 0.15) is 23.4 Å². The molecular weight excluding hydrogens is 356 g/mol. The van der Waals surface area contributed by atoms with Gasteiger partial charge in [-0.3, -0.25) is 9.69 Å². The van der Waals surface area contributed by atoms with Crippen LogP contribution < -0.4 is 10.1 Å². The minimum atomic E-state index is -1.66. The summed E-state index contributed by atoms with van der Waals surface area (Å²) in [5.74, 6) is -1.59. The smallest absolute Gasteiger partial charge is 0.412 e. The normalized spacial score (nSPS) is 26.0. The number of likely N-dealkylation sites (tertiary alicyclic amines) is 1. The molecule has 2 unspecified atom stereocenters. The Hall–Kier alpha value is -2.81. The summed E-state index contributed by atoms with van der Waals surface area (Å²) < 4.78 is 10.5. The lowest BCUT2D eigenvalue weighted by atomic mass is 9.91. The molecule has 9 nitrogen and oxygen atoms in total. The molecular formula is C18H22N2O7. The Labute approximate surface area is 155 Å². The molecule has 0 bridgehead atoms. The van der Waals surface area contributed by atoms with Gasteiger partial charge in [0.2, 0.25) is 0 Å². The minimum absolute atomic E-state index is 0.193. The maximum Gasteiger partial charge on any atom is 0.412 e. The average molecular weight is 378 g/mol. The lowest BCUT2D eigenvalue weighted by Crippen LogP contribution is -2.51. The number of fused-ring (bicyclic) bond motifs is 3. The van der Waals surface area contributed by atoms with E-state index < -0.39 is 41.4 Å². The van der Waals surface area contributed by atoms with Crippen LogP contribution in [0, 0.1) is 0 Å². The highest BCUT2D eigenvalue weighted by Gasteiger charge is 2.61. The molecule has 0 saturated carbocycles. The summed E-state index contributed by atoms with van der Waals surface area (Å²) in [7, 11) is 0. The first-order valence-electron chi connectivity index (χ1n) is 8.49. The predicted molar refractivity (Wildman–Crippen MR) is 93.2 cm³/mol. The highest BCUT2D eigenvalue weighted by atomic mass is 16.6. The van der Waals surface area contributed by atoms with Crippen LogP contribution in [0.3, 0.4) is 0 Å². The van der Waals surface area contributed by atoms with Gasteiger partial charge in [0.15, 0.2) is 5.75 Å². The Morgan fingerprint density at radius 3 is 2.52 bits per heavy atom. The third kappa shape index (κ3) is 3.18. The van der Waals surface area contributed by atoms with Crippen molar-refractivity contribution in [2.24, 2.45) is 0 Å². The van der Waals surface area contributed by atoms with E-state index in [4.69, 9.17) is 9.47 Å². The Morgan fingerprint density at radius 1 is 1.30 bits per heavy atom. The van der Waals surface area contributed by atoms with Crippen LogP contribution in [-0.2, 0) is 19.9 Å². The molecule has 1 amide bonds. The lowest BCUT2D eigenvalue weighted by molar-refractivity contribution is -0.142. The minimum Gasteiger partial charge on any atom is -0.480 e. The number of amides is 1. The number of ether oxygens (including phenoxy) is 2. The van der Waals surface area contributed by atoms with Crippen molar-refractivity contribution < 1.29 is 34.1 Å². The van der Waals surface area contributed by atoms with Gasteiger partial charge in [0.25, 0.3) is 0 Å². The first kappa shape index (κ1) is 19.0. The van der Waals surface area contributed by atoms with Gasteiger partial charge in [-0.05, 0) is 26.8 Å². The van der Waals surface area contributed by atoms with Crippen LogP contribution in [0.4, 0.5) is 10.5 Å². The fourth-order valence-corrected chi connectivity index (χ4v) is 3.53. The largest absolute Gasteiger partial charge is 0.480 e. The van der Waals surface area contributed by atoms with Gasteiger partial charge in [0.05, 0.1) is 5.69 Å². The van der Waals surface area contributed by atoms with E-state index in [1.165, 1.54) is 6.92 Å². The van der Waals surface area contributed by atoms with Crippen LogP contribution in [0.5, 0.6) is 5.75 Å². The summed E-state index contributed by atoms with van der Waals surface area (Å²) >= 11 is 0. The van der Waals surface area contributed by atoms with Gasteiger partial charge in [-0.15, -0.1) is 0 Å². The molecule has 2 heterocycles. The van der Waals surface area contributed by atoms with Crippen LogP contribution in [-0.4, -0.2) is 51.0 Å². The number of esters is 1. The Bertz CT molecular complexity index is 816. The second-order valence-electron chi connectivity index (χ2n) is 7.69. The number of anilines is 1. The molecule has 2 aliphatic rings. The van der Waals surface area contributed by atoms with Gasteiger partial charge >= 0.3 is 18.0 Å². The van der Waals surface area contributed by atoms with Crippen molar-refractivity contribution in [1.29, 1.82) is 0 Å². The maximum atomic E-state index is 12.7. The van der Waals surface area contributed by atoms with E-state index in [0.717, 1.165) is 4.90 Å². The number of benzene rings is 1. The third-order valence-corrected chi connectivity index (χ3v) is 4.49. The molecule has 1 aromatic rings. The fraction of sp³-hybridized carbons (Fsp3) is 0.500. The maximum absolute atomic E-state index is 12.7. The van der Waals surface area contributed by atoms with Crippen LogP contribution in [0.1, 0.15) is 39.7 Å². The highest BCUT2D eigenvalue weighted by Crippen LogP contribution is 2.52. The lowest BCUT2D eigenvalue weighted by Gasteiger charge is -2.31. The summed E-state index contributed by atoms with van der Waals surface area (Å²) in [6.45, 7) is 6.24. The van der Waals surface area contributed by atoms with Crippen LogP contribution in [0.15, 0.2) is 18.2 Å². The van der Waals surface area contributed by atoms with E-state index in [1.54, 1.807) is 39.0 Å². The highest BCUT2D eigenvalue weighted by molar-refractivity contribution is 5.85. The van der Waals surface area contributed by atoms with E-state index >= 15 is 0 Å². The molecule has 0 spiro atoms. The number of nitrogens with zero attached hydrogens (tertiary/aromatic N) is 1. The molecule has 0 aromatic heterocycles. The van der Waals surface area contributed by atoms with Crippen molar-refractivity contribution in [3.63, 3.8) is 0 Å². The van der Waals surface area contributed by atoms with Gasteiger partial charge in [-0.2, -0.15) is 0 Å². The summed E-state index contributed by atoms with van der Waals surface area (Å²) in [5.41, 5.74) is -1.79. The first-order valence-corrected chi connectivity index (χ1v) is 8.49. The SMILES string of the molecule is CC(=O)Oc1cccc2c1NC1N(C(=O)OC(C)(C)C)[C@H](C(=O)O)CC21O. The molecule has 1 aromatic carbocycles. The number of carbonyl (C=O) groups is 3. The summed E-state index contributed by atoms with van der Waals surface area (Å²) in [6, 6.07) is 3.47. The summed E-state index contributed by atoms with van der Waals surface area (Å²) in [4.78, 5) is 36.7. The Kier molecular flexibility index (Phi) is 4.30. The molecule has 146 valence electrons. The number of para-hydroxylation sites is 1. The van der Waals surface area contributed by atoms with Crippen LogP contribution >= 0.6 is 0 Å². The van der Waals surface area contributed by atoms with Gasteiger partial charge in [-0.1, -0.05) is 12.1 Å². The quantitative estimate of drug-likeness (QED) is 0.524. The zero-order valence-corrected chi connectivity index (χ0v) is 15.5. The number of carboxylic acids is 1. The van der Waals surface area contributed by atoms with E-state index in [9.17, 15) is 24.6 Å². The molecule has 27 heavy (non-hydrogen) atoms. The van der Waals surface area contributed by atoms with Crippen LogP contribution in [0.25, 0.3) is 0 Å². The standard InChI is InChI=1S/C18H22N2O7/c1-9(21)26-12-7-5-6-10-13(12)19-15-18(10,25)8-11(14(22)23)20(15)16(24)27-17(2,3)4/h5-7,11,15,19,25H,8H2,1-4H3,(H,22,23)/t11-,15?,18?/m0/s1. The predicted octanol–water partition coefficient (Wildman–Crippen LogP) is 1.65. The van der Waals surface area contributed by atoms with Crippen molar-refractivity contribution in [2.75, 3.05) is 5.32 Å². The van der Waals surface area contributed by atoms with Crippen molar-refractivity contribution in [3.8, 4) is 5.75 Å². The number of aliphatic hydroxyl groups is 1.